The summed E-state index contributed by atoms with van der Waals surface area (Å²) in [6.07, 6.45) is 1.90. The van der Waals surface area contributed by atoms with Gasteiger partial charge in [0.15, 0.2) is 5.82 Å². The van der Waals surface area contributed by atoms with Crippen LogP contribution < -0.4 is 5.32 Å². The van der Waals surface area contributed by atoms with Crippen LogP contribution in [-0.4, -0.2) is 65.3 Å². The number of aromatic nitrogens is 2. The molecule has 0 bridgehead atoms. The van der Waals surface area contributed by atoms with Gasteiger partial charge in [-0.05, 0) is 37.9 Å². The van der Waals surface area contributed by atoms with Gasteiger partial charge in [0.25, 0.3) is 6.43 Å². The predicted octanol–water partition coefficient (Wildman–Crippen LogP) is 3.29. The van der Waals surface area contributed by atoms with Crippen molar-refractivity contribution in [1.82, 2.24) is 20.2 Å². The number of aliphatic imine (C=N–C) groups is 1. The fourth-order valence-corrected chi connectivity index (χ4v) is 3.86. The molecule has 176 valence electrons. The van der Waals surface area contributed by atoms with E-state index in [4.69, 9.17) is 5.41 Å². The van der Waals surface area contributed by atoms with Crippen molar-refractivity contribution in [2.24, 2.45) is 16.8 Å². The van der Waals surface area contributed by atoms with Gasteiger partial charge in [0.1, 0.15) is 5.92 Å². The maximum atomic E-state index is 13.4. The number of hydrogen-bond acceptors (Lipinski definition) is 6. The van der Waals surface area contributed by atoms with Gasteiger partial charge in [0, 0.05) is 24.4 Å². The van der Waals surface area contributed by atoms with E-state index < -0.39 is 30.6 Å². The Balaban J connectivity index is 1.88. The van der Waals surface area contributed by atoms with E-state index in [-0.39, 0.29) is 18.4 Å². The van der Waals surface area contributed by atoms with E-state index in [0.29, 0.717) is 38.1 Å². The zero-order valence-corrected chi connectivity index (χ0v) is 18.1. The molecule has 1 aromatic heterocycles. The van der Waals surface area contributed by atoms with Crippen molar-refractivity contribution < 1.29 is 18.0 Å². The summed E-state index contributed by atoms with van der Waals surface area (Å²) in [6.45, 7) is 0.746. The summed E-state index contributed by atoms with van der Waals surface area (Å²) in [5, 5.41) is 11.2. The van der Waals surface area contributed by atoms with Crippen LogP contribution >= 0.6 is 0 Å². The highest BCUT2D eigenvalue weighted by atomic mass is 19.3. The lowest BCUT2D eigenvalue weighted by atomic mass is 9.85. The Morgan fingerprint density at radius 3 is 2.48 bits per heavy atom. The lowest BCUT2D eigenvalue weighted by Gasteiger charge is -2.30. The molecule has 1 aliphatic heterocycles. The second-order valence-electron chi connectivity index (χ2n) is 7.82. The first kappa shape index (κ1) is 24.5. The highest BCUT2D eigenvalue weighted by Crippen LogP contribution is 2.23. The standard InChI is InChI=1S/C23H27F3N6O/c24-18-13-29-23(30-14-18)31-21(17-6-9-28-10-7-17)19(12-27)22(33)32(15-20(25)26)11-8-16-4-2-1-3-5-16/h1-5,12-14,17,19-20,27-28H,6-11,15H2. The van der Waals surface area contributed by atoms with E-state index in [9.17, 15) is 18.0 Å². The lowest BCUT2D eigenvalue weighted by molar-refractivity contribution is -0.133. The number of alkyl halides is 2. The van der Waals surface area contributed by atoms with Crippen LogP contribution in [0.25, 0.3) is 0 Å². The molecule has 2 aromatic rings. The van der Waals surface area contributed by atoms with E-state index in [2.05, 4.69) is 20.3 Å². The number of benzene rings is 1. The van der Waals surface area contributed by atoms with Crippen LogP contribution in [0.3, 0.4) is 0 Å². The average molecular weight is 461 g/mol. The second kappa shape index (κ2) is 12.2. The minimum absolute atomic E-state index is 0.0331. The summed E-state index contributed by atoms with van der Waals surface area (Å²) < 4.78 is 39.9. The van der Waals surface area contributed by atoms with Crippen LogP contribution in [-0.2, 0) is 11.2 Å². The summed E-state index contributed by atoms with van der Waals surface area (Å²) in [4.78, 5) is 26.6. The smallest absolute Gasteiger partial charge is 0.255 e. The number of piperidine rings is 1. The minimum Gasteiger partial charge on any atom is -0.336 e. The number of carbonyl (C=O) groups excluding carboxylic acids is 1. The molecule has 2 heterocycles. The molecule has 33 heavy (non-hydrogen) atoms. The molecule has 1 atom stereocenters. The normalized spacial score (nSPS) is 15.9. The molecule has 1 aromatic carbocycles. The number of nitrogens with zero attached hydrogens (tertiary/aromatic N) is 4. The quantitative estimate of drug-likeness (QED) is 0.532. The van der Waals surface area contributed by atoms with Crippen LogP contribution in [0.1, 0.15) is 18.4 Å². The highest BCUT2D eigenvalue weighted by molar-refractivity contribution is 6.16. The van der Waals surface area contributed by atoms with Gasteiger partial charge in [-0.15, -0.1) is 0 Å². The molecule has 0 radical (unpaired) electrons. The van der Waals surface area contributed by atoms with E-state index in [1.165, 1.54) is 0 Å². The van der Waals surface area contributed by atoms with Gasteiger partial charge in [0.05, 0.1) is 18.9 Å². The number of carbonyl (C=O) groups is 1. The van der Waals surface area contributed by atoms with Gasteiger partial charge in [-0.2, -0.15) is 0 Å². The Bertz CT molecular complexity index is 933. The summed E-state index contributed by atoms with van der Waals surface area (Å²) in [5.74, 6) is -2.55. The van der Waals surface area contributed by atoms with Crippen LogP contribution in [0, 0.1) is 23.1 Å². The molecule has 0 saturated carbocycles. The maximum absolute atomic E-state index is 13.4. The van der Waals surface area contributed by atoms with E-state index >= 15 is 0 Å². The van der Waals surface area contributed by atoms with Crippen LogP contribution in [0.15, 0.2) is 47.7 Å². The Morgan fingerprint density at radius 2 is 1.88 bits per heavy atom. The van der Waals surface area contributed by atoms with Crippen LogP contribution in [0.2, 0.25) is 0 Å². The SMILES string of the molecule is N=CC(C(=O)N(CCc1ccccc1)CC(F)F)C(=Nc1ncc(F)cn1)C1CCNCC1. The molecule has 3 rings (SSSR count). The molecule has 2 N–H and O–H groups in total. The van der Waals surface area contributed by atoms with Crippen molar-refractivity contribution in [3.05, 3.63) is 54.1 Å². The fourth-order valence-electron chi connectivity index (χ4n) is 3.86. The van der Waals surface area contributed by atoms with Gasteiger partial charge in [-0.3, -0.25) is 4.79 Å². The molecule has 1 saturated heterocycles. The molecule has 0 aliphatic carbocycles. The summed E-state index contributed by atoms with van der Waals surface area (Å²) >= 11 is 0. The molecule has 10 heteroatoms. The third-order valence-electron chi connectivity index (χ3n) is 5.53. The average Bonchev–Trinajstić information content (AvgIpc) is 2.83. The summed E-state index contributed by atoms with van der Waals surface area (Å²) in [5.41, 5.74) is 1.27. The van der Waals surface area contributed by atoms with E-state index in [1.54, 1.807) is 0 Å². The van der Waals surface area contributed by atoms with Gasteiger partial charge in [-0.25, -0.2) is 28.1 Å². The first-order chi connectivity index (χ1) is 16.0. The fraction of sp³-hybridized carbons (Fsp3) is 0.435. The monoisotopic (exact) mass is 460 g/mol. The first-order valence-electron chi connectivity index (χ1n) is 10.9. The van der Waals surface area contributed by atoms with Crippen molar-refractivity contribution in [2.45, 2.75) is 25.7 Å². The van der Waals surface area contributed by atoms with Gasteiger partial charge < -0.3 is 15.6 Å². The molecule has 1 fully saturated rings. The highest BCUT2D eigenvalue weighted by Gasteiger charge is 2.33. The van der Waals surface area contributed by atoms with E-state index in [0.717, 1.165) is 29.1 Å². The van der Waals surface area contributed by atoms with Crippen LogP contribution in [0.4, 0.5) is 19.1 Å². The summed E-state index contributed by atoms with van der Waals surface area (Å²) in [7, 11) is 0. The zero-order chi connectivity index (χ0) is 23.6. The minimum atomic E-state index is -2.71. The van der Waals surface area contributed by atoms with Gasteiger partial charge in [0.2, 0.25) is 11.9 Å². The Hall–Kier alpha value is -3.14. The molecular formula is C23H27F3N6O. The molecule has 7 nitrogen and oxygen atoms in total. The Kier molecular flexibility index (Phi) is 9.05. The van der Waals surface area contributed by atoms with Crippen molar-refractivity contribution in [3.8, 4) is 0 Å². The third-order valence-corrected chi connectivity index (χ3v) is 5.53. The zero-order valence-electron chi connectivity index (χ0n) is 18.1. The molecule has 1 aliphatic rings. The maximum Gasteiger partial charge on any atom is 0.255 e. The molecule has 1 amide bonds. The second-order valence-corrected chi connectivity index (χ2v) is 7.82. The number of nitrogens with one attached hydrogen (secondary N) is 2. The third kappa shape index (κ3) is 7.18. The summed E-state index contributed by atoms with van der Waals surface area (Å²) in [6, 6.07) is 9.29. The topological polar surface area (TPSA) is 94.3 Å². The Morgan fingerprint density at radius 1 is 1.21 bits per heavy atom. The first-order valence-corrected chi connectivity index (χ1v) is 10.9. The molecular weight excluding hydrogens is 433 g/mol. The predicted molar refractivity (Wildman–Crippen MR) is 120 cm³/mol. The molecule has 1 unspecified atom stereocenters. The number of amides is 1. The Labute approximate surface area is 190 Å². The number of hydrogen-bond donors (Lipinski definition) is 2. The van der Waals surface area contributed by atoms with Crippen molar-refractivity contribution >= 4 is 23.8 Å². The van der Waals surface area contributed by atoms with Crippen molar-refractivity contribution in [1.29, 1.82) is 5.41 Å². The van der Waals surface area contributed by atoms with Crippen LogP contribution in [0.5, 0.6) is 0 Å². The largest absolute Gasteiger partial charge is 0.336 e. The van der Waals surface area contributed by atoms with E-state index in [1.807, 2.05) is 30.3 Å². The van der Waals surface area contributed by atoms with Gasteiger partial charge >= 0.3 is 0 Å². The lowest BCUT2D eigenvalue weighted by Crippen LogP contribution is -2.46. The van der Waals surface area contributed by atoms with Crippen molar-refractivity contribution in [2.75, 3.05) is 26.2 Å². The van der Waals surface area contributed by atoms with Crippen molar-refractivity contribution in [3.63, 3.8) is 0 Å². The number of rotatable bonds is 10. The molecule has 0 spiro atoms. The number of halogens is 3. The van der Waals surface area contributed by atoms with Gasteiger partial charge in [-0.1, -0.05) is 30.3 Å².